The van der Waals surface area contributed by atoms with E-state index in [2.05, 4.69) is 5.32 Å². The van der Waals surface area contributed by atoms with Crippen LogP contribution in [-0.2, 0) is 4.79 Å². The van der Waals surface area contributed by atoms with Crippen molar-refractivity contribution in [3.05, 3.63) is 33.3 Å². The fourth-order valence-electron chi connectivity index (χ4n) is 2.97. The zero-order chi connectivity index (χ0) is 17.5. The molecule has 0 radical (unpaired) electrons. The van der Waals surface area contributed by atoms with Gasteiger partial charge < -0.3 is 15.8 Å². The van der Waals surface area contributed by atoms with Crippen LogP contribution in [0, 0.1) is 16.0 Å². The number of hydrogen-bond donors (Lipinski definition) is 2. The van der Waals surface area contributed by atoms with Crippen molar-refractivity contribution in [3.63, 3.8) is 0 Å². The monoisotopic (exact) mass is 391 g/mol. The van der Waals surface area contributed by atoms with Crippen LogP contribution < -0.4 is 15.8 Å². The standard InChI is InChI=1S/C16H22ClN3O4.ClH/c17-12-5-6-15(14(9-12)20(22)23)24-8-7-16(21)19-13-4-2-1-3-11(13)10-18;/h5-6,9,11,13H,1-4,7-8,10,18H2,(H,19,21);1H. The molecule has 1 saturated carbocycles. The highest BCUT2D eigenvalue weighted by molar-refractivity contribution is 6.30. The molecule has 1 aliphatic rings. The molecule has 0 aromatic heterocycles. The normalized spacial score (nSPS) is 19.6. The van der Waals surface area contributed by atoms with Crippen LogP contribution >= 0.6 is 24.0 Å². The zero-order valence-corrected chi connectivity index (χ0v) is 15.4. The van der Waals surface area contributed by atoms with Crippen molar-refractivity contribution in [2.45, 2.75) is 38.1 Å². The number of ether oxygens (including phenoxy) is 1. The molecular formula is C16H23Cl2N3O4. The summed E-state index contributed by atoms with van der Waals surface area (Å²) in [6, 6.07) is 4.29. The largest absolute Gasteiger partial charge is 0.486 e. The quantitative estimate of drug-likeness (QED) is 0.548. The van der Waals surface area contributed by atoms with E-state index >= 15 is 0 Å². The van der Waals surface area contributed by atoms with Crippen molar-refractivity contribution >= 4 is 35.6 Å². The summed E-state index contributed by atoms with van der Waals surface area (Å²) in [5.74, 6) is 0.299. The van der Waals surface area contributed by atoms with Gasteiger partial charge in [0.2, 0.25) is 5.91 Å². The minimum absolute atomic E-state index is 0. The molecule has 1 aromatic carbocycles. The van der Waals surface area contributed by atoms with Gasteiger partial charge in [-0.25, -0.2) is 0 Å². The molecule has 25 heavy (non-hydrogen) atoms. The second-order valence-electron chi connectivity index (χ2n) is 5.92. The van der Waals surface area contributed by atoms with Crippen molar-refractivity contribution < 1.29 is 14.5 Å². The molecule has 0 aliphatic heterocycles. The van der Waals surface area contributed by atoms with Crippen molar-refractivity contribution in [2.75, 3.05) is 13.2 Å². The minimum atomic E-state index is -0.560. The van der Waals surface area contributed by atoms with E-state index < -0.39 is 4.92 Å². The van der Waals surface area contributed by atoms with Crippen molar-refractivity contribution in [2.24, 2.45) is 11.7 Å². The fraction of sp³-hybridized carbons (Fsp3) is 0.562. The Labute approximate surface area is 157 Å². The molecule has 0 bridgehead atoms. The first-order valence-corrected chi connectivity index (χ1v) is 8.45. The van der Waals surface area contributed by atoms with Gasteiger partial charge in [0.05, 0.1) is 18.0 Å². The molecule has 1 amide bonds. The number of carbonyl (C=O) groups excluding carboxylic acids is 1. The smallest absolute Gasteiger partial charge is 0.312 e. The summed E-state index contributed by atoms with van der Waals surface area (Å²) in [6.07, 6.45) is 4.35. The van der Waals surface area contributed by atoms with E-state index in [1.54, 1.807) is 0 Å². The summed E-state index contributed by atoms with van der Waals surface area (Å²) >= 11 is 5.75. The molecule has 0 spiro atoms. The number of amides is 1. The van der Waals surface area contributed by atoms with Crippen molar-refractivity contribution in [1.82, 2.24) is 5.32 Å². The van der Waals surface area contributed by atoms with Gasteiger partial charge in [-0.05, 0) is 37.4 Å². The van der Waals surface area contributed by atoms with E-state index in [4.69, 9.17) is 22.1 Å². The average Bonchev–Trinajstić information content (AvgIpc) is 2.56. The first-order chi connectivity index (χ1) is 11.5. The molecule has 0 saturated heterocycles. The molecule has 7 nitrogen and oxygen atoms in total. The maximum atomic E-state index is 12.0. The van der Waals surface area contributed by atoms with E-state index in [0.717, 1.165) is 25.7 Å². The number of benzene rings is 1. The first-order valence-electron chi connectivity index (χ1n) is 8.07. The maximum absolute atomic E-state index is 12.0. The van der Waals surface area contributed by atoms with Crippen molar-refractivity contribution in [1.29, 1.82) is 0 Å². The first kappa shape index (κ1) is 21.5. The maximum Gasteiger partial charge on any atom is 0.312 e. The van der Waals surface area contributed by atoms with Gasteiger partial charge in [0, 0.05) is 17.1 Å². The third kappa shape index (κ3) is 6.34. The Morgan fingerprint density at radius 2 is 2.12 bits per heavy atom. The van der Waals surface area contributed by atoms with Crippen LogP contribution in [0.5, 0.6) is 5.75 Å². The summed E-state index contributed by atoms with van der Waals surface area (Å²) < 4.78 is 5.38. The highest BCUT2D eigenvalue weighted by Gasteiger charge is 2.25. The molecule has 9 heteroatoms. The van der Waals surface area contributed by atoms with Gasteiger partial charge in [-0.2, -0.15) is 0 Å². The number of nitro groups is 1. The molecule has 1 aliphatic carbocycles. The van der Waals surface area contributed by atoms with Crippen LogP contribution in [0.3, 0.4) is 0 Å². The lowest BCUT2D eigenvalue weighted by Crippen LogP contribution is -2.45. The van der Waals surface area contributed by atoms with Gasteiger partial charge >= 0.3 is 5.69 Å². The number of nitrogens with one attached hydrogen (secondary N) is 1. The Kier molecular flexibility index (Phi) is 8.96. The van der Waals surface area contributed by atoms with Gasteiger partial charge in [-0.1, -0.05) is 24.4 Å². The number of nitrogens with zero attached hydrogens (tertiary/aromatic N) is 1. The third-order valence-electron chi connectivity index (χ3n) is 4.26. The molecule has 0 heterocycles. The molecule has 140 valence electrons. The fourth-order valence-corrected chi connectivity index (χ4v) is 3.13. The Bertz CT molecular complexity index is 601. The Morgan fingerprint density at radius 1 is 1.40 bits per heavy atom. The van der Waals surface area contributed by atoms with Crippen molar-refractivity contribution in [3.8, 4) is 5.75 Å². The van der Waals surface area contributed by atoms with E-state index in [0.29, 0.717) is 12.5 Å². The second kappa shape index (κ2) is 10.4. The number of nitro benzene ring substituents is 1. The van der Waals surface area contributed by atoms with E-state index in [-0.39, 0.29) is 53.8 Å². The number of nitrogens with two attached hydrogens (primary N) is 1. The van der Waals surface area contributed by atoms with Crippen LogP contribution in [0.25, 0.3) is 0 Å². The average molecular weight is 392 g/mol. The molecule has 1 fully saturated rings. The molecule has 3 N–H and O–H groups in total. The van der Waals surface area contributed by atoms with Crippen LogP contribution in [0.4, 0.5) is 5.69 Å². The molecule has 2 rings (SSSR count). The Hall–Kier alpha value is -1.57. The van der Waals surface area contributed by atoms with Crippen LogP contribution in [0.15, 0.2) is 18.2 Å². The summed E-state index contributed by atoms with van der Waals surface area (Å²) in [7, 11) is 0. The topological polar surface area (TPSA) is 107 Å². The van der Waals surface area contributed by atoms with Gasteiger partial charge in [0.15, 0.2) is 5.75 Å². The molecule has 2 atom stereocenters. The lowest BCUT2D eigenvalue weighted by atomic mass is 9.84. The van der Waals surface area contributed by atoms with E-state index in [1.807, 2.05) is 0 Å². The van der Waals surface area contributed by atoms with Gasteiger partial charge in [-0.3, -0.25) is 14.9 Å². The Balaban J connectivity index is 0.00000312. The highest BCUT2D eigenvalue weighted by atomic mass is 35.5. The highest BCUT2D eigenvalue weighted by Crippen LogP contribution is 2.30. The number of hydrogen-bond acceptors (Lipinski definition) is 5. The summed E-state index contributed by atoms with van der Waals surface area (Å²) in [5, 5.41) is 14.2. The number of rotatable bonds is 7. The van der Waals surface area contributed by atoms with Crippen LogP contribution in [-0.4, -0.2) is 30.0 Å². The molecule has 2 unspecified atom stereocenters. The van der Waals surface area contributed by atoms with Gasteiger partial charge in [-0.15, -0.1) is 12.4 Å². The number of halogens is 2. The lowest BCUT2D eigenvalue weighted by molar-refractivity contribution is -0.385. The predicted molar refractivity (Wildman–Crippen MR) is 98.4 cm³/mol. The van der Waals surface area contributed by atoms with Crippen LogP contribution in [0.2, 0.25) is 5.02 Å². The van der Waals surface area contributed by atoms with Crippen LogP contribution in [0.1, 0.15) is 32.1 Å². The number of carbonyl (C=O) groups is 1. The minimum Gasteiger partial charge on any atom is -0.486 e. The lowest BCUT2D eigenvalue weighted by Gasteiger charge is -2.31. The summed E-state index contributed by atoms with van der Waals surface area (Å²) in [6.45, 7) is 0.632. The van der Waals surface area contributed by atoms with Gasteiger partial charge in [0.25, 0.3) is 0 Å². The summed E-state index contributed by atoms with van der Waals surface area (Å²) in [4.78, 5) is 22.5. The summed E-state index contributed by atoms with van der Waals surface area (Å²) in [5.41, 5.74) is 5.54. The zero-order valence-electron chi connectivity index (χ0n) is 13.8. The SMILES string of the molecule is Cl.NCC1CCCCC1NC(=O)CCOc1ccc(Cl)cc1[N+](=O)[O-]. The van der Waals surface area contributed by atoms with E-state index in [9.17, 15) is 14.9 Å². The molecule has 1 aromatic rings. The van der Waals surface area contributed by atoms with E-state index in [1.165, 1.54) is 18.2 Å². The third-order valence-corrected chi connectivity index (χ3v) is 4.50. The Morgan fingerprint density at radius 3 is 2.80 bits per heavy atom. The second-order valence-corrected chi connectivity index (χ2v) is 6.36. The predicted octanol–water partition coefficient (Wildman–Crippen LogP) is 3.07. The van der Waals surface area contributed by atoms with Gasteiger partial charge in [0.1, 0.15) is 0 Å². The molecular weight excluding hydrogens is 369 g/mol.